The summed E-state index contributed by atoms with van der Waals surface area (Å²) in [4.78, 5) is 12.0. The highest BCUT2D eigenvalue weighted by Gasteiger charge is 2.26. The SMILES string of the molecule is CC(C)(C)c1ccc(NC(=O)C[C@@H]2CCC[C@H]2N)cc1.Cl. The lowest BCUT2D eigenvalue weighted by Crippen LogP contribution is -2.28. The van der Waals surface area contributed by atoms with Crippen molar-refractivity contribution < 1.29 is 4.79 Å². The van der Waals surface area contributed by atoms with Crippen LogP contribution in [0.4, 0.5) is 5.69 Å². The Bertz CT molecular complexity index is 465. The molecule has 1 aromatic carbocycles. The van der Waals surface area contributed by atoms with E-state index in [0.29, 0.717) is 12.3 Å². The molecular weight excluding hydrogens is 284 g/mol. The van der Waals surface area contributed by atoms with E-state index in [1.807, 2.05) is 12.1 Å². The second kappa shape index (κ2) is 7.28. The molecule has 0 bridgehead atoms. The van der Waals surface area contributed by atoms with Crippen LogP contribution in [0, 0.1) is 5.92 Å². The van der Waals surface area contributed by atoms with Gasteiger partial charge in [-0.3, -0.25) is 4.79 Å². The standard InChI is InChI=1S/C17H26N2O.ClH/c1-17(2,3)13-7-9-14(10-8-13)19-16(20)11-12-5-4-6-15(12)18;/h7-10,12,15H,4-6,11,18H2,1-3H3,(H,19,20);1H/t12-,15+;/m0./s1. The number of carbonyl (C=O) groups excluding carboxylic acids is 1. The van der Waals surface area contributed by atoms with Gasteiger partial charge in [0.15, 0.2) is 0 Å². The molecule has 3 N–H and O–H groups in total. The van der Waals surface area contributed by atoms with E-state index in [1.165, 1.54) is 5.56 Å². The molecule has 0 spiro atoms. The molecule has 1 aliphatic carbocycles. The van der Waals surface area contributed by atoms with Crippen LogP contribution < -0.4 is 11.1 Å². The van der Waals surface area contributed by atoms with Crippen molar-refractivity contribution in [2.45, 2.75) is 57.9 Å². The van der Waals surface area contributed by atoms with Gasteiger partial charge < -0.3 is 11.1 Å². The first kappa shape index (κ1) is 18.0. The van der Waals surface area contributed by atoms with Gasteiger partial charge in [0.05, 0.1) is 0 Å². The molecule has 21 heavy (non-hydrogen) atoms. The second-order valence-corrected chi connectivity index (χ2v) is 6.93. The Hall–Kier alpha value is -1.06. The molecule has 1 amide bonds. The zero-order valence-corrected chi connectivity index (χ0v) is 14.0. The Labute approximate surface area is 134 Å². The zero-order chi connectivity index (χ0) is 14.8. The number of rotatable bonds is 3. The Morgan fingerprint density at radius 2 is 1.86 bits per heavy atom. The van der Waals surface area contributed by atoms with Crippen molar-refractivity contribution in [3.05, 3.63) is 29.8 Å². The third-order valence-electron chi connectivity index (χ3n) is 4.20. The van der Waals surface area contributed by atoms with Crippen molar-refractivity contribution in [2.75, 3.05) is 5.32 Å². The Kier molecular flexibility index (Phi) is 6.24. The van der Waals surface area contributed by atoms with Gasteiger partial charge in [-0.2, -0.15) is 0 Å². The predicted octanol–water partition coefficient (Wildman–Crippen LogP) is 3.86. The van der Waals surface area contributed by atoms with Crippen LogP contribution in [0.2, 0.25) is 0 Å². The van der Waals surface area contributed by atoms with Crippen LogP contribution in [-0.2, 0) is 10.2 Å². The molecule has 1 saturated carbocycles. The molecule has 118 valence electrons. The number of amides is 1. The van der Waals surface area contributed by atoms with Gasteiger partial charge in [0.25, 0.3) is 0 Å². The molecule has 0 aromatic heterocycles. The van der Waals surface area contributed by atoms with Crippen LogP contribution in [0.25, 0.3) is 0 Å². The quantitative estimate of drug-likeness (QED) is 0.890. The molecule has 0 saturated heterocycles. The van der Waals surface area contributed by atoms with Crippen molar-refractivity contribution in [1.29, 1.82) is 0 Å². The average Bonchev–Trinajstić information content (AvgIpc) is 2.74. The van der Waals surface area contributed by atoms with Crippen molar-refractivity contribution in [3.63, 3.8) is 0 Å². The van der Waals surface area contributed by atoms with Gasteiger partial charge in [0.1, 0.15) is 0 Å². The van der Waals surface area contributed by atoms with Crippen LogP contribution in [0.3, 0.4) is 0 Å². The van der Waals surface area contributed by atoms with Gasteiger partial charge in [0.2, 0.25) is 5.91 Å². The number of benzene rings is 1. The minimum atomic E-state index is 0. The maximum Gasteiger partial charge on any atom is 0.224 e. The molecule has 1 aliphatic rings. The molecular formula is C17H27ClN2O. The van der Waals surface area contributed by atoms with E-state index in [4.69, 9.17) is 5.73 Å². The number of nitrogens with one attached hydrogen (secondary N) is 1. The van der Waals surface area contributed by atoms with Crippen LogP contribution in [0.1, 0.15) is 52.0 Å². The normalized spacial score (nSPS) is 21.7. The summed E-state index contributed by atoms with van der Waals surface area (Å²) in [6, 6.07) is 8.32. The van der Waals surface area contributed by atoms with E-state index in [-0.39, 0.29) is 29.8 Å². The van der Waals surface area contributed by atoms with Gasteiger partial charge in [-0.1, -0.05) is 39.3 Å². The smallest absolute Gasteiger partial charge is 0.224 e. The Morgan fingerprint density at radius 1 is 1.24 bits per heavy atom. The fourth-order valence-electron chi connectivity index (χ4n) is 2.82. The summed E-state index contributed by atoms with van der Waals surface area (Å²) in [6.45, 7) is 6.55. The minimum absolute atomic E-state index is 0. The highest BCUT2D eigenvalue weighted by atomic mass is 35.5. The molecule has 0 aliphatic heterocycles. The highest BCUT2D eigenvalue weighted by Crippen LogP contribution is 2.27. The minimum Gasteiger partial charge on any atom is -0.327 e. The van der Waals surface area contributed by atoms with Gasteiger partial charge in [0, 0.05) is 18.2 Å². The molecule has 0 heterocycles. The maximum absolute atomic E-state index is 12.0. The van der Waals surface area contributed by atoms with E-state index in [2.05, 4.69) is 38.2 Å². The summed E-state index contributed by atoms with van der Waals surface area (Å²) in [5.74, 6) is 0.430. The molecule has 0 unspecified atom stereocenters. The van der Waals surface area contributed by atoms with E-state index in [9.17, 15) is 4.79 Å². The molecule has 1 fully saturated rings. The lowest BCUT2D eigenvalue weighted by Gasteiger charge is -2.19. The number of carbonyl (C=O) groups is 1. The number of anilines is 1. The van der Waals surface area contributed by atoms with Crippen molar-refractivity contribution in [2.24, 2.45) is 11.7 Å². The molecule has 4 heteroatoms. The topological polar surface area (TPSA) is 55.1 Å². The zero-order valence-electron chi connectivity index (χ0n) is 13.2. The second-order valence-electron chi connectivity index (χ2n) is 6.93. The highest BCUT2D eigenvalue weighted by molar-refractivity contribution is 5.90. The number of hydrogen-bond acceptors (Lipinski definition) is 2. The largest absolute Gasteiger partial charge is 0.327 e. The summed E-state index contributed by atoms with van der Waals surface area (Å²) in [6.07, 6.45) is 3.83. The van der Waals surface area contributed by atoms with Gasteiger partial charge in [-0.25, -0.2) is 0 Å². The lowest BCUT2D eigenvalue weighted by molar-refractivity contribution is -0.117. The number of halogens is 1. The van der Waals surface area contributed by atoms with Crippen LogP contribution in [0.5, 0.6) is 0 Å². The summed E-state index contributed by atoms with van der Waals surface area (Å²) in [5, 5.41) is 2.97. The first-order chi connectivity index (χ1) is 9.36. The van der Waals surface area contributed by atoms with Crippen LogP contribution >= 0.6 is 12.4 Å². The summed E-state index contributed by atoms with van der Waals surface area (Å²) < 4.78 is 0. The number of nitrogens with two attached hydrogens (primary N) is 1. The van der Waals surface area contributed by atoms with Crippen molar-refractivity contribution in [1.82, 2.24) is 0 Å². The van der Waals surface area contributed by atoms with Crippen LogP contribution in [-0.4, -0.2) is 11.9 Å². The maximum atomic E-state index is 12.0. The predicted molar refractivity (Wildman–Crippen MR) is 91.0 cm³/mol. The van der Waals surface area contributed by atoms with Gasteiger partial charge in [-0.05, 0) is 41.9 Å². The first-order valence-electron chi connectivity index (χ1n) is 7.52. The first-order valence-corrected chi connectivity index (χ1v) is 7.52. The third-order valence-corrected chi connectivity index (χ3v) is 4.20. The van der Waals surface area contributed by atoms with Crippen molar-refractivity contribution >= 4 is 24.0 Å². The fraction of sp³-hybridized carbons (Fsp3) is 0.588. The van der Waals surface area contributed by atoms with Crippen LogP contribution in [0.15, 0.2) is 24.3 Å². The summed E-state index contributed by atoms with van der Waals surface area (Å²) in [5.41, 5.74) is 8.29. The fourth-order valence-corrected chi connectivity index (χ4v) is 2.82. The molecule has 3 nitrogen and oxygen atoms in total. The Balaban J connectivity index is 0.00000220. The molecule has 1 aromatic rings. The monoisotopic (exact) mass is 310 g/mol. The van der Waals surface area contributed by atoms with E-state index in [1.54, 1.807) is 0 Å². The average molecular weight is 311 g/mol. The van der Waals surface area contributed by atoms with Crippen molar-refractivity contribution in [3.8, 4) is 0 Å². The molecule has 2 atom stereocenters. The Morgan fingerprint density at radius 3 is 2.33 bits per heavy atom. The van der Waals surface area contributed by atoms with Gasteiger partial charge >= 0.3 is 0 Å². The lowest BCUT2D eigenvalue weighted by atomic mass is 9.87. The van der Waals surface area contributed by atoms with E-state index in [0.717, 1.165) is 24.9 Å². The van der Waals surface area contributed by atoms with E-state index >= 15 is 0 Å². The molecule has 0 radical (unpaired) electrons. The van der Waals surface area contributed by atoms with Gasteiger partial charge in [-0.15, -0.1) is 12.4 Å². The van der Waals surface area contributed by atoms with E-state index < -0.39 is 0 Å². The number of hydrogen-bond donors (Lipinski definition) is 2. The summed E-state index contributed by atoms with van der Waals surface area (Å²) in [7, 11) is 0. The third kappa shape index (κ3) is 5.01. The summed E-state index contributed by atoms with van der Waals surface area (Å²) >= 11 is 0. The molecule has 2 rings (SSSR count).